The number of thiazole rings is 3. The van der Waals surface area contributed by atoms with Crippen LogP contribution in [0.25, 0.3) is 97.6 Å². The number of para-hydroxylation sites is 3. The van der Waals surface area contributed by atoms with Gasteiger partial charge in [-0.1, -0.05) is 132 Å². The Morgan fingerprint density at radius 3 is 1.12 bits per heavy atom. The Bertz CT molecular complexity index is 7070. The molecule has 4 N–H and O–H groups in total. The fraction of sp³-hybridized carbons (Fsp3) is 0.126. The first-order valence-electron chi connectivity index (χ1n) is 37.0. The van der Waals surface area contributed by atoms with Crippen molar-refractivity contribution in [1.29, 1.82) is 0 Å². The summed E-state index contributed by atoms with van der Waals surface area (Å²) in [5.41, 5.74) is 11.8. The minimum absolute atomic E-state index is 0.155. The SMILES string of the molecule is CC(=O)Nc1ncc(-c2cccc3cc([C@H](C)NC(=O)c4c(C)nn5cccnc45)n(-c4ccccc4)c(=O)c23)s1.COc1ncc(-c2cccc3cc([C@H](C)NC(=O)c4c(C)nn5cccnc45)n(-c4ccccc4)c(=O)c23)s1.Cc1nn2cccnc2c1C(=O)N[C@@H](C)c1cc2cccc(-c3cncs3)c2c(=O)n1-c1ccccc1. The molecule has 27 nitrogen and oxygen atoms in total. The van der Waals surface area contributed by atoms with Gasteiger partial charge >= 0.3 is 0 Å². The van der Waals surface area contributed by atoms with E-state index < -0.39 is 18.1 Å². The highest BCUT2D eigenvalue weighted by Crippen LogP contribution is 2.38. The molecule has 0 radical (unpaired) electrons. The summed E-state index contributed by atoms with van der Waals surface area (Å²) in [6.07, 6.45) is 15.3. The molecule has 18 rings (SSSR count). The zero-order valence-electron chi connectivity index (χ0n) is 64.0. The van der Waals surface area contributed by atoms with E-state index in [1.165, 1.54) is 40.9 Å². The fourth-order valence-corrected chi connectivity index (χ4v) is 16.8. The van der Waals surface area contributed by atoms with Crippen LogP contribution >= 0.6 is 34.0 Å². The van der Waals surface area contributed by atoms with Gasteiger partial charge in [-0.3, -0.25) is 52.2 Å². The van der Waals surface area contributed by atoms with E-state index in [4.69, 9.17) is 4.74 Å². The summed E-state index contributed by atoms with van der Waals surface area (Å²) in [5, 5.41) is 30.1. The number of carbonyl (C=O) groups is 4. The largest absolute Gasteiger partial charge is 0.473 e. The number of ether oxygens (including phenoxy) is 1. The normalized spacial score (nSPS) is 12.1. The zero-order valence-corrected chi connectivity index (χ0v) is 66.5. The van der Waals surface area contributed by atoms with Crippen LogP contribution < -0.4 is 42.7 Å². The Hall–Kier alpha value is -14.6. The van der Waals surface area contributed by atoms with Gasteiger partial charge in [0.2, 0.25) is 5.91 Å². The molecule has 0 aliphatic rings. The standard InChI is InChI=1S/C30H25N7O3S.C29H24N6O3S.C28H22N6O2S/c1-17(33-28(39)25-18(2)35-36-14-8-13-31-27(25)36)23-15-20-9-7-12-22(24-16-32-30(41-24)34-19(3)38)26(20)29(40)37(23)21-10-5-4-6-11-21;1-17(32-27(36)24-18(2)33-34-14-8-13-30-26(24)34)22-15-19-9-7-12-21(23-16-31-29(38-3)39-23)25(19)28(37)35(22)20-10-5-4-6-11-20;1-17(31-27(35)24-18(2)32-33-13-7-12-30-26(24)33)22-14-19-8-6-11-21(23-15-29-16-37-23)25(19)28(36)34(22)20-9-4-3-5-10-20/h4-17H,1-3H3,(H,33,39)(H,32,34,38);4-17H,1-3H3,(H,32,36);3-17H,1-2H3,(H,31,35)/t3*17-/m000/s1. The first-order valence-corrected chi connectivity index (χ1v) is 39.5. The monoisotopic (exact) mass is 1610 g/mol. The highest BCUT2D eigenvalue weighted by molar-refractivity contribution is 7.19. The molecule has 0 bridgehead atoms. The lowest BCUT2D eigenvalue weighted by atomic mass is 10.0. The van der Waals surface area contributed by atoms with Crippen molar-refractivity contribution < 1.29 is 23.9 Å². The van der Waals surface area contributed by atoms with Gasteiger partial charge in [0, 0.05) is 114 Å². The summed E-state index contributed by atoms with van der Waals surface area (Å²) in [7, 11) is 1.57. The molecule has 0 fully saturated rings. The molecule has 0 unspecified atom stereocenters. The average molecular weight is 1610 g/mol. The number of aromatic nitrogens is 15. The van der Waals surface area contributed by atoms with Crippen molar-refractivity contribution in [3.63, 3.8) is 0 Å². The summed E-state index contributed by atoms with van der Waals surface area (Å²) in [6.45, 7) is 12.3. The van der Waals surface area contributed by atoms with Crippen LogP contribution in [0, 0.1) is 20.8 Å². The van der Waals surface area contributed by atoms with Crippen LogP contribution in [-0.2, 0) is 4.79 Å². The first-order chi connectivity index (χ1) is 56.8. The van der Waals surface area contributed by atoms with E-state index in [0.717, 1.165) is 47.6 Å². The number of methoxy groups -OCH3 is 1. The highest BCUT2D eigenvalue weighted by atomic mass is 32.1. The summed E-state index contributed by atoms with van der Waals surface area (Å²) in [6, 6.07) is 54.9. The Morgan fingerprint density at radius 1 is 0.419 bits per heavy atom. The highest BCUT2D eigenvalue weighted by Gasteiger charge is 2.29. The summed E-state index contributed by atoms with van der Waals surface area (Å²) < 4.78 is 15.0. The van der Waals surface area contributed by atoms with E-state index in [1.54, 1.807) is 135 Å². The van der Waals surface area contributed by atoms with Gasteiger partial charge in [0.1, 0.15) is 16.7 Å². The van der Waals surface area contributed by atoms with Gasteiger partial charge in [-0.25, -0.2) is 38.5 Å². The molecule has 12 aromatic heterocycles. The number of pyridine rings is 3. The third-order valence-corrected chi connectivity index (χ3v) is 22.5. The number of hydrogen-bond donors (Lipinski definition) is 4. The maximum absolute atomic E-state index is 14.3. The van der Waals surface area contributed by atoms with E-state index in [1.807, 2.05) is 185 Å². The van der Waals surface area contributed by atoms with E-state index in [9.17, 15) is 33.6 Å². The zero-order chi connectivity index (χ0) is 81.3. The number of hydrogen-bond acceptors (Lipinski definition) is 20. The molecule has 0 aliphatic carbocycles. The predicted octanol–water partition coefficient (Wildman–Crippen LogP) is 14.8. The second-order valence-corrected chi connectivity index (χ2v) is 30.3. The molecule has 12 heterocycles. The molecule has 0 aliphatic heterocycles. The van der Waals surface area contributed by atoms with Gasteiger partial charge in [-0.15, -0.1) is 11.3 Å². The molecule has 0 spiro atoms. The van der Waals surface area contributed by atoms with Crippen molar-refractivity contribution in [2.75, 3.05) is 12.4 Å². The number of rotatable bonds is 17. The second-order valence-electron chi connectivity index (χ2n) is 27.3. The summed E-state index contributed by atoms with van der Waals surface area (Å²) in [4.78, 5) is 123. The van der Waals surface area contributed by atoms with Gasteiger partial charge in [-0.2, -0.15) is 15.3 Å². The Labute approximate surface area is 677 Å². The van der Waals surface area contributed by atoms with Crippen LogP contribution in [0.1, 0.15) is 111 Å². The molecule has 117 heavy (non-hydrogen) atoms. The molecule has 0 saturated carbocycles. The van der Waals surface area contributed by atoms with Crippen LogP contribution in [0.15, 0.2) is 258 Å². The van der Waals surface area contributed by atoms with Crippen molar-refractivity contribution in [2.45, 2.75) is 66.6 Å². The van der Waals surface area contributed by atoms with E-state index in [-0.39, 0.29) is 40.3 Å². The van der Waals surface area contributed by atoms with Gasteiger partial charge in [-0.05, 0) is 130 Å². The second kappa shape index (κ2) is 32.5. The number of anilines is 1. The third-order valence-electron chi connectivity index (χ3n) is 19.7. The van der Waals surface area contributed by atoms with E-state index in [2.05, 4.69) is 66.5 Å². The predicted molar refractivity (Wildman–Crippen MR) is 454 cm³/mol. The minimum Gasteiger partial charge on any atom is -0.473 e. The van der Waals surface area contributed by atoms with E-state index >= 15 is 0 Å². The Balaban J connectivity index is 0.000000132. The molecule has 580 valence electrons. The van der Waals surface area contributed by atoms with Crippen LogP contribution in [0.4, 0.5) is 5.13 Å². The van der Waals surface area contributed by atoms with Gasteiger partial charge in [0.25, 0.3) is 39.6 Å². The maximum atomic E-state index is 14.3. The molecular weight excluding hydrogens is 1540 g/mol. The third kappa shape index (κ3) is 14.9. The summed E-state index contributed by atoms with van der Waals surface area (Å²) in [5.74, 6) is -1.17. The molecule has 0 saturated heterocycles. The fourth-order valence-electron chi connectivity index (χ4n) is 14.5. The van der Waals surface area contributed by atoms with Gasteiger partial charge in [0.05, 0.1) is 78.6 Å². The van der Waals surface area contributed by atoms with Gasteiger partial charge < -0.3 is 26.0 Å². The average Bonchev–Trinajstić information content (AvgIpc) is 1.70. The van der Waals surface area contributed by atoms with Crippen molar-refractivity contribution in [2.24, 2.45) is 0 Å². The Kier molecular flexibility index (Phi) is 21.2. The topological polar surface area (TPSA) is 321 Å². The van der Waals surface area contributed by atoms with Crippen molar-refractivity contribution in [1.82, 2.24) is 88.4 Å². The molecular formula is C87H71N19O8S3. The minimum atomic E-state index is -0.545. The molecule has 30 heteroatoms. The molecule has 18 aromatic rings. The Morgan fingerprint density at radius 2 is 0.778 bits per heavy atom. The van der Waals surface area contributed by atoms with Crippen LogP contribution in [-0.4, -0.2) is 103 Å². The number of carbonyl (C=O) groups excluding carboxylic acids is 4. The number of aryl methyl sites for hydroxylation is 3. The lowest BCUT2D eigenvalue weighted by molar-refractivity contribution is -0.114. The number of nitrogens with one attached hydrogen (secondary N) is 4. The maximum Gasteiger partial charge on any atom is 0.273 e. The van der Waals surface area contributed by atoms with Crippen LogP contribution in [0.3, 0.4) is 0 Å². The van der Waals surface area contributed by atoms with Crippen molar-refractivity contribution in [3.8, 4) is 53.6 Å². The number of nitrogens with zero attached hydrogens (tertiary/aromatic N) is 15. The molecule has 4 amide bonds. The van der Waals surface area contributed by atoms with Crippen LogP contribution in [0.2, 0.25) is 0 Å². The number of amides is 4. The first kappa shape index (κ1) is 76.4. The lowest BCUT2D eigenvalue weighted by Gasteiger charge is -2.21. The lowest BCUT2D eigenvalue weighted by Crippen LogP contribution is -2.32. The van der Waals surface area contributed by atoms with E-state index in [0.29, 0.717) is 111 Å². The summed E-state index contributed by atoms with van der Waals surface area (Å²) >= 11 is 4.17. The van der Waals surface area contributed by atoms with Gasteiger partial charge in [0.15, 0.2) is 22.1 Å². The molecule has 3 atom stereocenters. The van der Waals surface area contributed by atoms with Crippen molar-refractivity contribution in [3.05, 3.63) is 325 Å². The van der Waals surface area contributed by atoms with Crippen molar-refractivity contribution >= 4 is 112 Å². The molecule has 6 aromatic carbocycles. The quantitative estimate of drug-likeness (QED) is 0.0658. The number of benzene rings is 6. The number of fused-ring (bicyclic) bond motifs is 6. The smallest absolute Gasteiger partial charge is 0.273 e. The van der Waals surface area contributed by atoms with Crippen LogP contribution in [0.5, 0.6) is 5.19 Å².